The quantitative estimate of drug-likeness (QED) is 0.542. The molecule has 2 aliphatic rings. The van der Waals surface area contributed by atoms with Crippen LogP contribution in [0.3, 0.4) is 0 Å². The number of fused-ring (bicyclic) bond motifs is 1. The lowest BCUT2D eigenvalue weighted by Gasteiger charge is -2.34. The van der Waals surface area contributed by atoms with Crippen molar-refractivity contribution in [3.63, 3.8) is 0 Å². The number of ketones is 2. The summed E-state index contributed by atoms with van der Waals surface area (Å²) in [6.45, 7) is 4.23. The van der Waals surface area contributed by atoms with Gasteiger partial charge in [-0.05, 0) is 47.7 Å². The molecule has 0 saturated heterocycles. The van der Waals surface area contributed by atoms with Crippen molar-refractivity contribution < 1.29 is 9.59 Å². The van der Waals surface area contributed by atoms with Gasteiger partial charge in [0.05, 0.1) is 17.4 Å². The number of allylic oxidation sites excluding steroid dienone is 1. The standard InChI is InChI=1S/C27H25N3O2/c1-27(2)15-22-24(23(31)16-27)25(17-10-12-28-13-11-17)30-20-9-8-19(14-21(20)29-22)26(32)18-6-4-3-5-7-18/h3-14,25,29-30H,15-16H2,1-2H3/t25-/m0/s1. The Hall–Kier alpha value is -3.73. The highest BCUT2D eigenvalue weighted by Crippen LogP contribution is 2.45. The van der Waals surface area contributed by atoms with E-state index in [9.17, 15) is 9.59 Å². The number of pyridine rings is 1. The average Bonchev–Trinajstić information content (AvgIpc) is 2.95. The van der Waals surface area contributed by atoms with Gasteiger partial charge in [-0.15, -0.1) is 0 Å². The summed E-state index contributed by atoms with van der Waals surface area (Å²) in [4.78, 5) is 30.4. The zero-order valence-corrected chi connectivity index (χ0v) is 18.2. The summed E-state index contributed by atoms with van der Waals surface area (Å²) < 4.78 is 0. The van der Waals surface area contributed by atoms with Crippen LogP contribution in [0.15, 0.2) is 84.3 Å². The fraction of sp³-hybridized carbons (Fsp3) is 0.222. The third kappa shape index (κ3) is 3.71. The maximum absolute atomic E-state index is 13.3. The molecule has 5 rings (SSSR count). The van der Waals surface area contributed by atoms with Crippen molar-refractivity contribution in [3.05, 3.63) is 101 Å². The van der Waals surface area contributed by atoms with Crippen molar-refractivity contribution in [2.24, 2.45) is 5.41 Å². The maximum Gasteiger partial charge on any atom is 0.193 e. The van der Waals surface area contributed by atoms with Crippen molar-refractivity contribution in [2.45, 2.75) is 32.7 Å². The third-order valence-electron chi connectivity index (χ3n) is 6.15. The van der Waals surface area contributed by atoms with Gasteiger partial charge in [-0.3, -0.25) is 14.6 Å². The average molecular weight is 424 g/mol. The summed E-state index contributed by atoms with van der Waals surface area (Å²) in [5.74, 6) is 0.117. The molecule has 0 saturated carbocycles. The largest absolute Gasteiger partial charge is 0.372 e. The Labute approximate surface area is 187 Å². The molecule has 5 nitrogen and oxygen atoms in total. The zero-order chi connectivity index (χ0) is 22.3. The Morgan fingerprint density at radius 2 is 1.69 bits per heavy atom. The third-order valence-corrected chi connectivity index (χ3v) is 6.15. The summed E-state index contributed by atoms with van der Waals surface area (Å²) in [5, 5.41) is 7.08. The van der Waals surface area contributed by atoms with Crippen LogP contribution in [0.1, 0.15) is 54.2 Å². The Kier molecular flexibility index (Phi) is 4.89. The molecule has 0 amide bonds. The highest BCUT2D eigenvalue weighted by molar-refractivity contribution is 6.10. The number of Topliss-reactive ketones (excluding diaryl/α,β-unsaturated/α-hetero) is 1. The van der Waals surface area contributed by atoms with Gasteiger partial charge in [0.1, 0.15) is 0 Å². The minimum absolute atomic E-state index is 0.0283. The SMILES string of the molecule is CC1(C)CC(=O)C2=C(C1)Nc1cc(C(=O)c3ccccc3)ccc1N[C@H]2c1ccncc1. The molecule has 0 bridgehead atoms. The minimum atomic E-state index is -0.277. The van der Waals surface area contributed by atoms with Gasteiger partial charge in [-0.2, -0.15) is 0 Å². The molecule has 1 atom stereocenters. The lowest BCUT2D eigenvalue weighted by atomic mass is 9.73. The van der Waals surface area contributed by atoms with Gasteiger partial charge < -0.3 is 10.6 Å². The normalized spacial score (nSPS) is 19.2. The van der Waals surface area contributed by atoms with Gasteiger partial charge in [0.15, 0.2) is 11.6 Å². The number of nitrogens with one attached hydrogen (secondary N) is 2. The molecule has 0 unspecified atom stereocenters. The van der Waals surface area contributed by atoms with E-state index in [1.807, 2.05) is 60.7 Å². The minimum Gasteiger partial charge on any atom is -0.372 e. The molecule has 3 aromatic rings. The number of hydrogen-bond donors (Lipinski definition) is 2. The van der Waals surface area contributed by atoms with Crippen LogP contribution in [0.2, 0.25) is 0 Å². The van der Waals surface area contributed by atoms with E-state index in [4.69, 9.17) is 0 Å². The Bertz CT molecular complexity index is 1230. The van der Waals surface area contributed by atoms with Gasteiger partial charge >= 0.3 is 0 Å². The van der Waals surface area contributed by atoms with Gasteiger partial charge in [-0.25, -0.2) is 0 Å². The number of carbonyl (C=O) groups excluding carboxylic acids is 2. The molecule has 5 heteroatoms. The molecule has 32 heavy (non-hydrogen) atoms. The molecule has 2 N–H and O–H groups in total. The van der Waals surface area contributed by atoms with Gasteiger partial charge in [-0.1, -0.05) is 44.2 Å². The van der Waals surface area contributed by atoms with Crippen LogP contribution in [0.5, 0.6) is 0 Å². The van der Waals surface area contributed by atoms with E-state index in [1.54, 1.807) is 12.4 Å². The number of hydrogen-bond acceptors (Lipinski definition) is 5. The first-order chi connectivity index (χ1) is 15.4. The van der Waals surface area contributed by atoms with Crippen LogP contribution in [0.25, 0.3) is 0 Å². The molecule has 160 valence electrons. The van der Waals surface area contributed by atoms with Crippen molar-refractivity contribution in [3.8, 4) is 0 Å². The van der Waals surface area contributed by atoms with Crippen LogP contribution in [-0.2, 0) is 4.79 Å². The zero-order valence-electron chi connectivity index (χ0n) is 18.2. The van der Waals surface area contributed by atoms with Crippen molar-refractivity contribution >= 4 is 22.9 Å². The number of nitrogens with zero attached hydrogens (tertiary/aromatic N) is 1. The van der Waals surface area contributed by atoms with Crippen LogP contribution >= 0.6 is 0 Å². The van der Waals surface area contributed by atoms with Crippen LogP contribution in [0.4, 0.5) is 11.4 Å². The maximum atomic E-state index is 13.3. The molecular formula is C27H25N3O2. The molecular weight excluding hydrogens is 398 g/mol. The number of rotatable bonds is 3. The molecule has 1 aliphatic carbocycles. The van der Waals surface area contributed by atoms with Gasteiger partial charge in [0.2, 0.25) is 0 Å². The second-order valence-electron chi connectivity index (χ2n) is 9.27. The predicted octanol–water partition coefficient (Wildman–Crippen LogP) is 5.53. The first-order valence-electron chi connectivity index (χ1n) is 10.8. The Balaban J connectivity index is 1.61. The molecule has 0 fully saturated rings. The van der Waals surface area contributed by atoms with Crippen LogP contribution in [-0.4, -0.2) is 16.6 Å². The first-order valence-corrected chi connectivity index (χ1v) is 10.8. The fourth-order valence-electron chi connectivity index (χ4n) is 4.65. The van der Waals surface area contributed by atoms with E-state index in [2.05, 4.69) is 29.5 Å². The van der Waals surface area contributed by atoms with E-state index >= 15 is 0 Å². The summed E-state index contributed by atoms with van der Waals surface area (Å²) in [6, 6.07) is 18.5. The van der Waals surface area contributed by atoms with Crippen molar-refractivity contribution in [1.82, 2.24) is 4.98 Å². The summed E-state index contributed by atoms with van der Waals surface area (Å²) in [6.07, 6.45) is 4.75. The number of aromatic nitrogens is 1. The highest BCUT2D eigenvalue weighted by Gasteiger charge is 2.38. The van der Waals surface area contributed by atoms with Gasteiger partial charge in [0.25, 0.3) is 0 Å². The van der Waals surface area contributed by atoms with E-state index < -0.39 is 0 Å². The second-order valence-corrected chi connectivity index (χ2v) is 9.27. The summed E-state index contributed by atoms with van der Waals surface area (Å²) in [7, 11) is 0. The van der Waals surface area contributed by atoms with E-state index in [0.717, 1.165) is 34.6 Å². The van der Waals surface area contributed by atoms with Crippen LogP contribution in [0, 0.1) is 5.41 Å². The molecule has 1 aromatic heterocycles. The number of carbonyl (C=O) groups is 2. The first kappa shape index (κ1) is 20.2. The smallest absolute Gasteiger partial charge is 0.193 e. The number of anilines is 2. The predicted molar refractivity (Wildman–Crippen MR) is 126 cm³/mol. The topological polar surface area (TPSA) is 71.1 Å². The lowest BCUT2D eigenvalue weighted by molar-refractivity contribution is -0.118. The highest BCUT2D eigenvalue weighted by atomic mass is 16.1. The Morgan fingerprint density at radius 1 is 0.938 bits per heavy atom. The van der Waals surface area contributed by atoms with Crippen molar-refractivity contribution in [2.75, 3.05) is 10.6 Å². The van der Waals surface area contributed by atoms with Crippen LogP contribution < -0.4 is 10.6 Å². The molecule has 0 radical (unpaired) electrons. The molecule has 2 heterocycles. The van der Waals surface area contributed by atoms with E-state index in [-0.39, 0.29) is 23.0 Å². The second kappa shape index (κ2) is 7.75. The molecule has 1 aliphatic heterocycles. The number of benzene rings is 2. The lowest BCUT2D eigenvalue weighted by Crippen LogP contribution is -2.31. The monoisotopic (exact) mass is 423 g/mol. The van der Waals surface area contributed by atoms with Gasteiger partial charge in [0, 0.05) is 41.2 Å². The summed E-state index contributed by atoms with van der Waals surface area (Å²) >= 11 is 0. The molecule has 0 spiro atoms. The summed E-state index contributed by atoms with van der Waals surface area (Å²) in [5.41, 5.74) is 5.46. The van der Waals surface area contributed by atoms with Crippen molar-refractivity contribution in [1.29, 1.82) is 0 Å². The fourth-order valence-corrected chi connectivity index (χ4v) is 4.65. The van der Waals surface area contributed by atoms with E-state index in [0.29, 0.717) is 17.5 Å². The Morgan fingerprint density at radius 3 is 2.44 bits per heavy atom. The van der Waals surface area contributed by atoms with E-state index in [1.165, 1.54) is 0 Å². The molecule has 2 aromatic carbocycles.